The molecule has 1 saturated heterocycles. The summed E-state index contributed by atoms with van der Waals surface area (Å²) in [5, 5.41) is 10.3. The molecule has 0 unspecified atom stereocenters. The molecule has 2 aliphatic heterocycles. The lowest BCUT2D eigenvalue weighted by molar-refractivity contribution is 0.0140. The normalized spacial score (nSPS) is 19.6. The molecule has 10 heteroatoms. The summed E-state index contributed by atoms with van der Waals surface area (Å²) in [7, 11) is 1.60. The molecule has 1 aromatic carbocycles. The third-order valence-electron chi connectivity index (χ3n) is 5.96. The number of fused-ring (bicyclic) bond motifs is 1. The molecule has 2 aliphatic rings. The number of thiazole rings is 1. The highest BCUT2D eigenvalue weighted by Gasteiger charge is 2.44. The molecule has 2 aromatic rings. The first-order valence-corrected chi connectivity index (χ1v) is 12.4. The fourth-order valence-corrected chi connectivity index (χ4v) is 5.57. The fourth-order valence-electron chi connectivity index (χ4n) is 4.51. The van der Waals surface area contributed by atoms with Crippen LogP contribution in [0.4, 0.5) is 4.79 Å². The zero-order chi connectivity index (χ0) is 25.3. The summed E-state index contributed by atoms with van der Waals surface area (Å²) in [4.78, 5) is 34.9. The first kappa shape index (κ1) is 24.9. The molecule has 1 aromatic heterocycles. The Morgan fingerprint density at radius 1 is 1.34 bits per heavy atom. The fraction of sp³-hybridized carbons (Fsp3) is 0.520. The zero-order valence-electron chi connectivity index (χ0n) is 20.7. The Balaban J connectivity index is 1.54. The van der Waals surface area contributed by atoms with E-state index in [2.05, 4.69) is 6.07 Å². The van der Waals surface area contributed by atoms with Gasteiger partial charge in [-0.3, -0.25) is 4.79 Å². The minimum Gasteiger partial charge on any atom is -0.492 e. The lowest BCUT2D eigenvalue weighted by Crippen LogP contribution is -2.43. The largest absolute Gasteiger partial charge is 0.492 e. The summed E-state index contributed by atoms with van der Waals surface area (Å²) in [5.74, 6) is 0.406. The van der Waals surface area contributed by atoms with E-state index in [0.29, 0.717) is 65.2 Å². The van der Waals surface area contributed by atoms with Gasteiger partial charge >= 0.3 is 6.09 Å². The molecule has 0 bridgehead atoms. The summed E-state index contributed by atoms with van der Waals surface area (Å²) in [6, 6.07) is 7.28. The molecule has 186 valence electrons. The summed E-state index contributed by atoms with van der Waals surface area (Å²) in [6.07, 6.45) is 0.206. The van der Waals surface area contributed by atoms with Crippen molar-refractivity contribution in [3.63, 3.8) is 0 Å². The van der Waals surface area contributed by atoms with E-state index in [1.165, 1.54) is 11.3 Å². The van der Waals surface area contributed by atoms with E-state index >= 15 is 0 Å². The number of carbonyl (C=O) groups excluding carboxylic acids is 2. The Kier molecular flexibility index (Phi) is 7.01. The maximum absolute atomic E-state index is 13.4. The molecule has 9 nitrogen and oxygen atoms in total. The predicted octanol–water partition coefficient (Wildman–Crippen LogP) is 4.06. The summed E-state index contributed by atoms with van der Waals surface area (Å²) >= 11 is 1.29. The van der Waals surface area contributed by atoms with Crippen molar-refractivity contribution in [3.05, 3.63) is 34.3 Å². The van der Waals surface area contributed by atoms with Crippen molar-refractivity contribution in [3.8, 4) is 22.4 Å². The zero-order valence-corrected chi connectivity index (χ0v) is 21.5. The standard InChI is InChI=1S/C25H30N4O5S/c1-6-33-20-9-7-8-17(18(20)11-26)22-27-19-13-28(23(30)21(19)35-22)15-10-16(14-32-5)29(12-15)24(31)34-25(2,3)4/h7-9,15-16H,6,10,12-14H2,1-5H3/t15-,16+/m1/s1. The van der Waals surface area contributed by atoms with Crippen LogP contribution in [0.3, 0.4) is 0 Å². The van der Waals surface area contributed by atoms with Gasteiger partial charge in [-0.1, -0.05) is 12.1 Å². The second kappa shape index (κ2) is 9.84. The van der Waals surface area contributed by atoms with Crippen LogP contribution in [0.2, 0.25) is 0 Å². The molecule has 0 aliphatic carbocycles. The van der Waals surface area contributed by atoms with Gasteiger partial charge in [-0.25, -0.2) is 9.78 Å². The van der Waals surface area contributed by atoms with Gasteiger partial charge < -0.3 is 24.0 Å². The summed E-state index contributed by atoms with van der Waals surface area (Å²) < 4.78 is 16.5. The van der Waals surface area contributed by atoms with E-state index in [-0.39, 0.29) is 18.0 Å². The average molecular weight is 499 g/mol. The maximum Gasteiger partial charge on any atom is 0.410 e. The van der Waals surface area contributed by atoms with Crippen LogP contribution in [0.25, 0.3) is 10.6 Å². The molecular weight excluding hydrogens is 468 g/mol. The van der Waals surface area contributed by atoms with Gasteiger partial charge in [-0.2, -0.15) is 5.26 Å². The Bertz CT molecular complexity index is 1170. The Morgan fingerprint density at radius 2 is 2.11 bits per heavy atom. The molecule has 35 heavy (non-hydrogen) atoms. The molecule has 0 saturated carbocycles. The van der Waals surface area contributed by atoms with E-state index in [1.54, 1.807) is 23.0 Å². The highest BCUT2D eigenvalue weighted by atomic mass is 32.1. The number of benzene rings is 1. The van der Waals surface area contributed by atoms with Crippen LogP contribution in [-0.2, 0) is 16.0 Å². The van der Waals surface area contributed by atoms with Gasteiger partial charge in [0, 0.05) is 19.2 Å². The molecule has 3 heterocycles. The molecule has 0 N–H and O–H groups in total. The van der Waals surface area contributed by atoms with Crippen molar-refractivity contribution in [2.75, 3.05) is 26.9 Å². The highest BCUT2D eigenvalue weighted by molar-refractivity contribution is 7.17. The number of ether oxygens (including phenoxy) is 3. The van der Waals surface area contributed by atoms with Crippen LogP contribution in [0.15, 0.2) is 18.2 Å². The molecule has 4 rings (SSSR count). The SMILES string of the molecule is CCOc1cccc(-c2nc3c(s2)C(=O)N([C@@H]2C[C@@H](COC)N(C(=O)OC(C)(C)C)C2)C3)c1C#N. The smallest absolute Gasteiger partial charge is 0.410 e. The molecular formula is C25H30N4O5S. The third kappa shape index (κ3) is 4.97. The molecule has 0 radical (unpaired) electrons. The number of likely N-dealkylation sites (tertiary alicyclic amines) is 1. The van der Waals surface area contributed by atoms with Crippen molar-refractivity contribution in [1.82, 2.24) is 14.8 Å². The van der Waals surface area contributed by atoms with Gasteiger partial charge in [-0.15, -0.1) is 11.3 Å². The van der Waals surface area contributed by atoms with Crippen molar-refractivity contribution < 1.29 is 23.8 Å². The van der Waals surface area contributed by atoms with Gasteiger partial charge in [0.15, 0.2) is 0 Å². The molecule has 2 atom stereocenters. The van der Waals surface area contributed by atoms with E-state index in [4.69, 9.17) is 19.2 Å². The van der Waals surface area contributed by atoms with Crippen LogP contribution >= 0.6 is 11.3 Å². The lowest BCUT2D eigenvalue weighted by atomic mass is 10.1. The number of amides is 2. The van der Waals surface area contributed by atoms with Gasteiger partial charge in [0.25, 0.3) is 5.91 Å². The van der Waals surface area contributed by atoms with Gasteiger partial charge in [0.2, 0.25) is 0 Å². The van der Waals surface area contributed by atoms with E-state index < -0.39 is 11.7 Å². The van der Waals surface area contributed by atoms with Crippen LogP contribution < -0.4 is 4.74 Å². The quantitative estimate of drug-likeness (QED) is 0.591. The lowest BCUT2D eigenvalue weighted by Gasteiger charge is -2.28. The molecule has 0 spiro atoms. The maximum atomic E-state index is 13.4. The minimum atomic E-state index is -0.609. The predicted molar refractivity (Wildman–Crippen MR) is 130 cm³/mol. The van der Waals surface area contributed by atoms with Gasteiger partial charge in [-0.05, 0) is 40.2 Å². The Hall–Kier alpha value is -3.16. The summed E-state index contributed by atoms with van der Waals surface area (Å²) in [5.41, 5.74) is 1.16. The molecule has 2 amide bonds. The first-order valence-electron chi connectivity index (χ1n) is 11.6. The highest BCUT2D eigenvalue weighted by Crippen LogP contribution is 2.39. The number of nitrogens with zero attached hydrogens (tertiary/aromatic N) is 4. The number of methoxy groups -OCH3 is 1. The number of aromatic nitrogens is 1. The van der Waals surface area contributed by atoms with Crippen LogP contribution in [0.1, 0.15) is 55.0 Å². The van der Waals surface area contributed by atoms with Crippen LogP contribution in [-0.4, -0.2) is 71.3 Å². The van der Waals surface area contributed by atoms with Crippen molar-refractivity contribution in [2.24, 2.45) is 0 Å². The molecule has 1 fully saturated rings. The second-order valence-electron chi connectivity index (χ2n) is 9.58. The second-order valence-corrected chi connectivity index (χ2v) is 10.6. The Morgan fingerprint density at radius 3 is 2.74 bits per heavy atom. The van der Waals surface area contributed by atoms with Crippen LogP contribution in [0, 0.1) is 11.3 Å². The summed E-state index contributed by atoms with van der Waals surface area (Å²) in [6.45, 7) is 8.92. The number of hydrogen-bond acceptors (Lipinski definition) is 8. The number of rotatable bonds is 6. The number of nitriles is 1. The number of hydrogen-bond donors (Lipinski definition) is 0. The van der Waals surface area contributed by atoms with E-state index in [1.807, 2.05) is 39.8 Å². The third-order valence-corrected chi connectivity index (χ3v) is 7.08. The Labute approximate surface area is 209 Å². The van der Waals surface area contributed by atoms with Gasteiger partial charge in [0.1, 0.15) is 32.9 Å². The topological polar surface area (TPSA) is 105 Å². The van der Waals surface area contributed by atoms with Crippen molar-refractivity contribution >= 4 is 23.3 Å². The average Bonchev–Trinajstić information content (AvgIpc) is 3.47. The van der Waals surface area contributed by atoms with E-state index in [0.717, 1.165) is 0 Å². The van der Waals surface area contributed by atoms with Crippen molar-refractivity contribution in [1.29, 1.82) is 5.26 Å². The van der Waals surface area contributed by atoms with E-state index in [9.17, 15) is 14.9 Å². The van der Waals surface area contributed by atoms with Crippen molar-refractivity contribution in [2.45, 2.75) is 58.3 Å². The first-order chi connectivity index (χ1) is 16.7. The van der Waals surface area contributed by atoms with Crippen LogP contribution in [0.5, 0.6) is 5.75 Å². The number of carbonyl (C=O) groups is 2. The van der Waals surface area contributed by atoms with Gasteiger partial charge in [0.05, 0.1) is 37.5 Å². The monoisotopic (exact) mass is 498 g/mol. The minimum absolute atomic E-state index is 0.101.